The number of ether oxygens (including phenoxy) is 1. The highest BCUT2D eigenvalue weighted by Crippen LogP contribution is 2.18. The zero-order valence-corrected chi connectivity index (χ0v) is 13.6. The summed E-state index contributed by atoms with van der Waals surface area (Å²) >= 11 is 6.02. The predicted octanol–water partition coefficient (Wildman–Crippen LogP) is 0.864. The lowest BCUT2D eigenvalue weighted by atomic mass is 10.2. The lowest BCUT2D eigenvalue weighted by molar-refractivity contribution is -0.121. The average Bonchev–Trinajstić information content (AvgIpc) is 2.39. The third kappa shape index (κ3) is 6.43. The molecule has 0 unspecified atom stereocenters. The predicted molar refractivity (Wildman–Crippen MR) is 81.6 cm³/mol. The molecule has 0 fully saturated rings. The van der Waals surface area contributed by atoms with Crippen molar-refractivity contribution in [1.29, 1.82) is 0 Å². The van der Waals surface area contributed by atoms with Gasteiger partial charge in [-0.2, -0.15) is 4.31 Å². The summed E-state index contributed by atoms with van der Waals surface area (Å²) in [6.07, 6.45) is 1.06. The number of nitrogens with one attached hydrogen (secondary N) is 1. The quantitative estimate of drug-likeness (QED) is 0.716. The molecule has 0 saturated heterocycles. The van der Waals surface area contributed by atoms with Gasteiger partial charge >= 0.3 is 0 Å². The van der Waals surface area contributed by atoms with Crippen LogP contribution in [-0.2, 0) is 26.1 Å². The van der Waals surface area contributed by atoms with Crippen LogP contribution in [0.3, 0.4) is 0 Å². The van der Waals surface area contributed by atoms with Crippen molar-refractivity contribution < 1.29 is 17.9 Å². The first-order valence-corrected chi connectivity index (χ1v) is 8.51. The zero-order valence-electron chi connectivity index (χ0n) is 12.0. The van der Waals surface area contributed by atoms with Gasteiger partial charge in [-0.25, -0.2) is 8.42 Å². The molecule has 0 aromatic heterocycles. The first-order valence-electron chi connectivity index (χ1n) is 6.28. The number of methoxy groups -OCH3 is 1. The summed E-state index contributed by atoms with van der Waals surface area (Å²) in [5.74, 6) is -0.385. The van der Waals surface area contributed by atoms with Crippen LogP contribution in [0.2, 0.25) is 5.02 Å². The van der Waals surface area contributed by atoms with E-state index in [1.54, 1.807) is 24.3 Å². The van der Waals surface area contributed by atoms with E-state index in [0.717, 1.165) is 10.6 Å². The maximum atomic E-state index is 11.8. The Morgan fingerprint density at radius 3 is 2.62 bits per heavy atom. The fourth-order valence-electron chi connectivity index (χ4n) is 1.62. The first-order chi connectivity index (χ1) is 9.84. The van der Waals surface area contributed by atoms with E-state index < -0.39 is 10.0 Å². The molecule has 8 heteroatoms. The van der Waals surface area contributed by atoms with E-state index in [-0.39, 0.29) is 19.0 Å². The smallest absolute Gasteiger partial charge is 0.235 e. The highest BCUT2D eigenvalue weighted by Gasteiger charge is 2.21. The fourth-order valence-corrected chi connectivity index (χ4v) is 2.54. The monoisotopic (exact) mass is 334 g/mol. The molecule has 0 aliphatic carbocycles. The van der Waals surface area contributed by atoms with Crippen molar-refractivity contribution in [3.8, 4) is 0 Å². The summed E-state index contributed by atoms with van der Waals surface area (Å²) < 4.78 is 29.5. The van der Waals surface area contributed by atoms with Crippen molar-refractivity contribution in [1.82, 2.24) is 9.62 Å². The van der Waals surface area contributed by atoms with Crippen molar-refractivity contribution in [2.75, 3.05) is 33.1 Å². The first kappa shape index (κ1) is 17.9. The molecule has 118 valence electrons. The van der Waals surface area contributed by atoms with E-state index in [4.69, 9.17) is 16.3 Å². The average molecular weight is 335 g/mol. The van der Waals surface area contributed by atoms with Crippen LogP contribution in [0.1, 0.15) is 5.56 Å². The summed E-state index contributed by atoms with van der Waals surface area (Å²) in [7, 11) is -2.00. The number of hydrogen-bond acceptors (Lipinski definition) is 4. The Balaban J connectivity index is 2.74. The molecule has 0 spiro atoms. The van der Waals surface area contributed by atoms with E-state index in [0.29, 0.717) is 23.7 Å². The molecule has 21 heavy (non-hydrogen) atoms. The van der Waals surface area contributed by atoms with Gasteiger partial charge in [0.15, 0.2) is 0 Å². The normalized spacial score (nSPS) is 11.6. The van der Waals surface area contributed by atoms with E-state index in [1.807, 2.05) is 0 Å². The number of amides is 1. The van der Waals surface area contributed by atoms with Gasteiger partial charge in [-0.3, -0.25) is 4.79 Å². The molecule has 1 aromatic carbocycles. The lowest BCUT2D eigenvalue weighted by Crippen LogP contribution is -2.40. The largest absolute Gasteiger partial charge is 0.383 e. The Morgan fingerprint density at radius 1 is 1.38 bits per heavy atom. The Morgan fingerprint density at radius 2 is 2.05 bits per heavy atom. The molecular formula is C13H19ClN2O4S. The van der Waals surface area contributed by atoms with Crippen LogP contribution in [0.5, 0.6) is 0 Å². The minimum atomic E-state index is -3.52. The molecule has 0 radical (unpaired) electrons. The minimum absolute atomic E-state index is 0.0518. The van der Waals surface area contributed by atoms with Crippen LogP contribution in [-0.4, -0.2) is 51.7 Å². The molecule has 1 rings (SSSR count). The van der Waals surface area contributed by atoms with Crippen molar-refractivity contribution in [2.45, 2.75) is 6.54 Å². The number of carbonyl (C=O) groups is 1. The number of nitrogens with zero attached hydrogens (tertiary/aromatic N) is 1. The Bertz CT molecular complexity index is 577. The van der Waals surface area contributed by atoms with Gasteiger partial charge in [0.05, 0.1) is 19.4 Å². The molecule has 0 heterocycles. The van der Waals surface area contributed by atoms with Gasteiger partial charge < -0.3 is 10.1 Å². The van der Waals surface area contributed by atoms with Crippen LogP contribution in [0.25, 0.3) is 0 Å². The summed E-state index contributed by atoms with van der Waals surface area (Å²) in [5.41, 5.74) is 0.647. The highest BCUT2D eigenvalue weighted by atomic mass is 35.5. The number of sulfonamides is 1. The number of hydrogen-bond donors (Lipinski definition) is 1. The third-order valence-corrected chi connectivity index (χ3v) is 4.29. The summed E-state index contributed by atoms with van der Waals surface area (Å²) in [6.45, 7) is 0.498. The topological polar surface area (TPSA) is 75.7 Å². The van der Waals surface area contributed by atoms with E-state index in [2.05, 4.69) is 5.32 Å². The van der Waals surface area contributed by atoms with Crippen LogP contribution in [0.4, 0.5) is 0 Å². The number of carbonyl (C=O) groups excluding carboxylic acids is 1. The Labute approximate surface area is 130 Å². The van der Waals surface area contributed by atoms with Crippen molar-refractivity contribution in [3.63, 3.8) is 0 Å². The zero-order chi connectivity index (χ0) is 15.9. The molecule has 0 saturated carbocycles. The molecular weight excluding hydrogens is 316 g/mol. The maximum absolute atomic E-state index is 11.8. The second-order valence-corrected chi connectivity index (χ2v) is 6.85. The molecule has 0 aliphatic rings. The van der Waals surface area contributed by atoms with Gasteiger partial charge in [0.2, 0.25) is 15.9 Å². The summed E-state index contributed by atoms with van der Waals surface area (Å²) in [6, 6.07) is 6.92. The lowest BCUT2D eigenvalue weighted by Gasteiger charge is -2.20. The molecule has 1 amide bonds. The standard InChI is InChI=1S/C13H19ClN2O4S/c1-20-8-7-15-13(17)10-16(21(2,18)19)9-11-5-3-4-6-12(11)14/h3-6H,7-10H2,1-2H3,(H,15,17). The Hall–Kier alpha value is -1.15. The molecule has 1 N–H and O–H groups in total. The van der Waals surface area contributed by atoms with Crippen LogP contribution in [0, 0.1) is 0 Å². The third-order valence-electron chi connectivity index (χ3n) is 2.72. The van der Waals surface area contributed by atoms with Gasteiger partial charge in [-0.05, 0) is 11.6 Å². The number of rotatable bonds is 8. The number of benzene rings is 1. The molecule has 0 bridgehead atoms. The molecule has 0 atom stereocenters. The summed E-state index contributed by atoms with van der Waals surface area (Å²) in [4.78, 5) is 11.7. The SMILES string of the molecule is COCCNC(=O)CN(Cc1ccccc1Cl)S(C)(=O)=O. The van der Waals surface area contributed by atoms with Gasteiger partial charge in [-0.15, -0.1) is 0 Å². The van der Waals surface area contributed by atoms with Crippen molar-refractivity contribution >= 4 is 27.5 Å². The van der Waals surface area contributed by atoms with E-state index in [9.17, 15) is 13.2 Å². The van der Waals surface area contributed by atoms with E-state index >= 15 is 0 Å². The second kappa shape index (κ2) is 8.33. The van der Waals surface area contributed by atoms with Crippen molar-refractivity contribution in [3.05, 3.63) is 34.9 Å². The van der Waals surface area contributed by atoms with E-state index in [1.165, 1.54) is 7.11 Å². The van der Waals surface area contributed by atoms with Crippen LogP contribution < -0.4 is 5.32 Å². The molecule has 1 aromatic rings. The van der Waals surface area contributed by atoms with Gasteiger partial charge in [0.25, 0.3) is 0 Å². The van der Waals surface area contributed by atoms with Crippen LogP contribution >= 0.6 is 11.6 Å². The molecule has 0 aliphatic heterocycles. The van der Waals surface area contributed by atoms with Gasteiger partial charge in [0.1, 0.15) is 0 Å². The van der Waals surface area contributed by atoms with Crippen LogP contribution in [0.15, 0.2) is 24.3 Å². The Kier molecular flexibility index (Phi) is 7.10. The van der Waals surface area contributed by atoms with Gasteiger partial charge in [0, 0.05) is 25.2 Å². The van der Waals surface area contributed by atoms with Crippen molar-refractivity contribution in [2.24, 2.45) is 0 Å². The number of halogens is 1. The van der Waals surface area contributed by atoms with Gasteiger partial charge in [-0.1, -0.05) is 29.8 Å². The highest BCUT2D eigenvalue weighted by molar-refractivity contribution is 7.88. The summed E-state index contributed by atoms with van der Waals surface area (Å²) in [5, 5.41) is 3.05. The second-order valence-electron chi connectivity index (χ2n) is 4.47. The minimum Gasteiger partial charge on any atom is -0.383 e. The maximum Gasteiger partial charge on any atom is 0.235 e. The molecule has 6 nitrogen and oxygen atoms in total. The fraction of sp³-hybridized carbons (Fsp3) is 0.462.